The summed E-state index contributed by atoms with van der Waals surface area (Å²) < 4.78 is 11.2. The molecular formula is C25H26N6O3S. The summed E-state index contributed by atoms with van der Waals surface area (Å²) in [6.45, 7) is 6.40. The lowest BCUT2D eigenvalue weighted by Crippen LogP contribution is -2.38. The van der Waals surface area contributed by atoms with Crippen molar-refractivity contribution in [2.75, 3.05) is 50.1 Å². The highest BCUT2D eigenvalue weighted by Gasteiger charge is 2.10. The Morgan fingerprint density at radius 2 is 2.00 bits per heavy atom. The topological polar surface area (TPSA) is 112 Å². The third kappa shape index (κ3) is 7.42. The number of hydrogen-bond acceptors (Lipinski definition) is 9. The maximum atomic E-state index is 11.3. The van der Waals surface area contributed by atoms with Gasteiger partial charge in [0.2, 0.25) is 11.9 Å². The van der Waals surface area contributed by atoms with Crippen LogP contribution in [0.25, 0.3) is 0 Å². The zero-order chi connectivity index (χ0) is 24.5. The molecule has 0 unspecified atom stereocenters. The van der Waals surface area contributed by atoms with Crippen molar-refractivity contribution in [2.45, 2.75) is 16.8 Å². The van der Waals surface area contributed by atoms with Gasteiger partial charge in [0.05, 0.1) is 24.5 Å². The Labute approximate surface area is 208 Å². The van der Waals surface area contributed by atoms with Crippen LogP contribution in [0.5, 0.6) is 5.75 Å². The maximum absolute atomic E-state index is 11.3. The van der Waals surface area contributed by atoms with E-state index in [2.05, 4.69) is 31.6 Å². The minimum Gasteiger partial charge on any atom is -0.492 e. The number of anilines is 3. The Morgan fingerprint density at radius 1 is 1.20 bits per heavy atom. The van der Waals surface area contributed by atoms with E-state index in [9.17, 15) is 10.1 Å². The zero-order valence-electron chi connectivity index (χ0n) is 19.4. The summed E-state index contributed by atoms with van der Waals surface area (Å²) in [5.74, 6) is 1.05. The van der Waals surface area contributed by atoms with Gasteiger partial charge in [-0.25, -0.2) is 9.97 Å². The monoisotopic (exact) mass is 490 g/mol. The molecule has 1 saturated heterocycles. The van der Waals surface area contributed by atoms with Gasteiger partial charge < -0.3 is 20.1 Å². The maximum Gasteiger partial charge on any atom is 0.228 e. The summed E-state index contributed by atoms with van der Waals surface area (Å²) in [5, 5.41) is 16.0. The van der Waals surface area contributed by atoms with Crippen molar-refractivity contribution in [3.63, 3.8) is 0 Å². The number of nitrogens with zero attached hydrogens (tertiary/aromatic N) is 4. The molecule has 0 spiro atoms. The van der Waals surface area contributed by atoms with E-state index in [-0.39, 0.29) is 5.91 Å². The summed E-state index contributed by atoms with van der Waals surface area (Å²) in [6.07, 6.45) is 1.68. The van der Waals surface area contributed by atoms with Crippen LogP contribution in [0.3, 0.4) is 0 Å². The quantitative estimate of drug-likeness (QED) is 0.431. The largest absolute Gasteiger partial charge is 0.492 e. The van der Waals surface area contributed by atoms with Gasteiger partial charge in [-0.2, -0.15) is 5.26 Å². The molecule has 10 heteroatoms. The molecule has 0 aliphatic carbocycles. The van der Waals surface area contributed by atoms with E-state index in [0.29, 0.717) is 23.8 Å². The molecule has 1 aromatic heterocycles. The van der Waals surface area contributed by atoms with Crippen LogP contribution in [-0.4, -0.2) is 60.2 Å². The first kappa shape index (κ1) is 24.5. The van der Waals surface area contributed by atoms with Gasteiger partial charge in [0.25, 0.3) is 0 Å². The molecule has 180 valence electrons. The minimum absolute atomic E-state index is 0.221. The van der Waals surface area contributed by atoms with Crippen LogP contribution in [0.2, 0.25) is 0 Å². The van der Waals surface area contributed by atoms with E-state index in [1.165, 1.54) is 18.7 Å². The first-order chi connectivity index (χ1) is 17.1. The number of hydrogen-bond donors (Lipinski definition) is 2. The number of amides is 1. The average molecular weight is 491 g/mol. The first-order valence-corrected chi connectivity index (χ1v) is 12.0. The summed E-state index contributed by atoms with van der Waals surface area (Å²) in [7, 11) is 0. The first-order valence-electron chi connectivity index (χ1n) is 11.2. The summed E-state index contributed by atoms with van der Waals surface area (Å²) >= 11 is 1.41. The SMILES string of the molecule is CC(=O)Nc1ccc(Sc2ccnc(Nc3ccc(OCCN4CCOCC4)cc3)n2)cc1C#N. The van der Waals surface area contributed by atoms with Gasteiger partial charge in [-0.1, -0.05) is 11.8 Å². The van der Waals surface area contributed by atoms with Crippen molar-refractivity contribution in [3.05, 3.63) is 60.3 Å². The van der Waals surface area contributed by atoms with Gasteiger partial charge >= 0.3 is 0 Å². The van der Waals surface area contributed by atoms with E-state index in [0.717, 1.165) is 54.2 Å². The second-order valence-corrected chi connectivity index (χ2v) is 8.87. The van der Waals surface area contributed by atoms with Crippen molar-refractivity contribution in [2.24, 2.45) is 0 Å². The second-order valence-electron chi connectivity index (χ2n) is 7.77. The van der Waals surface area contributed by atoms with E-state index >= 15 is 0 Å². The number of carbonyl (C=O) groups is 1. The highest BCUT2D eigenvalue weighted by molar-refractivity contribution is 7.99. The van der Waals surface area contributed by atoms with Gasteiger partial charge in [-0.3, -0.25) is 9.69 Å². The number of rotatable bonds is 9. The van der Waals surface area contributed by atoms with Crippen LogP contribution in [0, 0.1) is 11.3 Å². The zero-order valence-corrected chi connectivity index (χ0v) is 20.2. The highest BCUT2D eigenvalue weighted by atomic mass is 32.2. The molecule has 1 aliphatic rings. The summed E-state index contributed by atoms with van der Waals surface area (Å²) in [4.78, 5) is 23.3. The van der Waals surface area contributed by atoms with Crippen molar-refractivity contribution in [1.29, 1.82) is 5.26 Å². The molecule has 0 atom stereocenters. The number of nitrogens with one attached hydrogen (secondary N) is 2. The Kier molecular flexibility index (Phi) is 8.51. The van der Waals surface area contributed by atoms with Crippen LogP contribution in [0.1, 0.15) is 12.5 Å². The van der Waals surface area contributed by atoms with Gasteiger partial charge in [0.15, 0.2) is 0 Å². The molecule has 0 radical (unpaired) electrons. The predicted molar refractivity (Wildman–Crippen MR) is 134 cm³/mol. The van der Waals surface area contributed by atoms with Gasteiger partial charge in [0.1, 0.15) is 23.5 Å². The van der Waals surface area contributed by atoms with E-state index in [1.807, 2.05) is 30.3 Å². The number of morpholine rings is 1. The number of carbonyl (C=O) groups excluding carboxylic acids is 1. The Bertz CT molecular complexity index is 1190. The summed E-state index contributed by atoms with van der Waals surface area (Å²) in [5.41, 5.74) is 1.73. The molecule has 9 nitrogen and oxygen atoms in total. The summed E-state index contributed by atoms with van der Waals surface area (Å²) in [6, 6.07) is 16.9. The van der Waals surface area contributed by atoms with E-state index < -0.39 is 0 Å². The van der Waals surface area contributed by atoms with Crippen molar-refractivity contribution in [3.8, 4) is 11.8 Å². The molecule has 2 aromatic carbocycles. The molecule has 1 fully saturated rings. The van der Waals surface area contributed by atoms with Crippen LogP contribution in [-0.2, 0) is 9.53 Å². The Hall–Kier alpha value is -3.65. The molecule has 2 heterocycles. The highest BCUT2D eigenvalue weighted by Crippen LogP contribution is 2.30. The lowest BCUT2D eigenvalue weighted by molar-refractivity contribution is -0.114. The number of benzene rings is 2. The van der Waals surface area contributed by atoms with Crippen molar-refractivity contribution < 1.29 is 14.3 Å². The number of nitriles is 1. The number of aromatic nitrogens is 2. The normalized spacial score (nSPS) is 13.6. The van der Waals surface area contributed by atoms with Gasteiger partial charge in [-0.15, -0.1) is 0 Å². The third-order valence-corrected chi connectivity index (χ3v) is 6.09. The fourth-order valence-corrected chi connectivity index (χ4v) is 4.25. The van der Waals surface area contributed by atoms with Gasteiger partial charge in [-0.05, 0) is 48.5 Å². The standard InChI is InChI=1S/C25H26N6O3S/c1-18(32)28-23-7-6-22(16-19(23)17-26)35-24-8-9-27-25(30-24)29-20-2-4-21(5-3-20)34-15-12-31-10-13-33-14-11-31/h2-9,16H,10-15H2,1H3,(H,28,32)(H,27,29,30). The van der Waals surface area contributed by atoms with E-state index in [1.54, 1.807) is 24.4 Å². The van der Waals surface area contributed by atoms with Crippen molar-refractivity contribution >= 4 is 35.0 Å². The van der Waals surface area contributed by atoms with E-state index in [4.69, 9.17) is 9.47 Å². The fourth-order valence-electron chi connectivity index (χ4n) is 3.44. The molecule has 0 saturated carbocycles. The molecule has 1 amide bonds. The molecule has 2 N–H and O–H groups in total. The molecule has 35 heavy (non-hydrogen) atoms. The third-order valence-electron chi connectivity index (χ3n) is 5.17. The smallest absolute Gasteiger partial charge is 0.228 e. The average Bonchev–Trinajstić information content (AvgIpc) is 2.87. The molecule has 0 bridgehead atoms. The Morgan fingerprint density at radius 3 is 2.74 bits per heavy atom. The van der Waals surface area contributed by atoms with Crippen LogP contribution in [0.4, 0.5) is 17.3 Å². The lowest BCUT2D eigenvalue weighted by Gasteiger charge is -2.26. The number of ether oxygens (including phenoxy) is 2. The molecule has 4 rings (SSSR count). The second kappa shape index (κ2) is 12.2. The molecule has 3 aromatic rings. The molecular weight excluding hydrogens is 464 g/mol. The predicted octanol–water partition coefficient (Wildman–Crippen LogP) is 3.91. The Balaban J connectivity index is 1.32. The van der Waals surface area contributed by atoms with Crippen molar-refractivity contribution in [1.82, 2.24) is 14.9 Å². The minimum atomic E-state index is -0.221. The van der Waals surface area contributed by atoms with Crippen LogP contribution >= 0.6 is 11.8 Å². The fraction of sp³-hybridized carbons (Fsp3) is 0.280. The van der Waals surface area contributed by atoms with Gasteiger partial charge in [0, 0.05) is 43.3 Å². The van der Waals surface area contributed by atoms with Crippen LogP contribution < -0.4 is 15.4 Å². The lowest BCUT2D eigenvalue weighted by atomic mass is 10.2. The molecule has 1 aliphatic heterocycles. The van der Waals surface area contributed by atoms with Crippen LogP contribution in [0.15, 0.2) is 64.6 Å².